The van der Waals surface area contributed by atoms with E-state index in [2.05, 4.69) is 16.0 Å². The SMILES string of the molecule is CCCNC(=O)c1cc(NC(=O)c2cc(NC(=O)c3cc(N)cn3C)cn2C)cn1C. The van der Waals surface area contributed by atoms with Crippen molar-refractivity contribution >= 4 is 34.8 Å². The molecular formula is C21H27N7O3. The molecule has 0 spiro atoms. The molecule has 0 bridgehead atoms. The summed E-state index contributed by atoms with van der Waals surface area (Å²) in [5, 5.41) is 8.37. The van der Waals surface area contributed by atoms with E-state index in [1.165, 1.54) is 0 Å². The smallest absolute Gasteiger partial charge is 0.272 e. The first kappa shape index (κ1) is 21.8. The van der Waals surface area contributed by atoms with E-state index in [9.17, 15) is 14.4 Å². The number of hydrogen-bond acceptors (Lipinski definition) is 4. The fourth-order valence-electron chi connectivity index (χ4n) is 3.25. The minimum absolute atomic E-state index is 0.199. The average molecular weight is 425 g/mol. The highest BCUT2D eigenvalue weighted by atomic mass is 16.2. The number of aryl methyl sites for hydroxylation is 3. The van der Waals surface area contributed by atoms with E-state index in [1.807, 2.05) is 6.92 Å². The topological polar surface area (TPSA) is 128 Å². The quantitative estimate of drug-likeness (QED) is 0.461. The Morgan fingerprint density at radius 3 is 1.68 bits per heavy atom. The third kappa shape index (κ3) is 4.80. The van der Waals surface area contributed by atoms with Gasteiger partial charge in [0.1, 0.15) is 17.1 Å². The van der Waals surface area contributed by atoms with Crippen LogP contribution in [0.5, 0.6) is 0 Å². The number of nitrogen functional groups attached to an aromatic ring is 1. The monoisotopic (exact) mass is 425 g/mol. The number of hydrogen-bond donors (Lipinski definition) is 4. The first-order chi connectivity index (χ1) is 14.7. The molecule has 0 aliphatic carbocycles. The lowest BCUT2D eigenvalue weighted by Crippen LogP contribution is -2.25. The maximum Gasteiger partial charge on any atom is 0.272 e. The van der Waals surface area contributed by atoms with Gasteiger partial charge in [-0.1, -0.05) is 6.92 Å². The van der Waals surface area contributed by atoms with Crippen LogP contribution in [-0.2, 0) is 21.1 Å². The molecule has 3 rings (SSSR count). The van der Waals surface area contributed by atoms with Crippen molar-refractivity contribution in [3.63, 3.8) is 0 Å². The summed E-state index contributed by atoms with van der Waals surface area (Å²) in [4.78, 5) is 37.4. The third-order valence-electron chi connectivity index (χ3n) is 4.79. The molecule has 164 valence electrons. The Balaban J connectivity index is 1.70. The maximum atomic E-state index is 12.7. The van der Waals surface area contributed by atoms with E-state index >= 15 is 0 Å². The Morgan fingerprint density at radius 2 is 1.23 bits per heavy atom. The second-order valence-corrected chi connectivity index (χ2v) is 7.38. The number of nitrogens with zero attached hydrogens (tertiary/aromatic N) is 3. The molecule has 3 aromatic heterocycles. The van der Waals surface area contributed by atoms with Gasteiger partial charge in [0.2, 0.25) is 0 Å². The summed E-state index contributed by atoms with van der Waals surface area (Å²) in [6.07, 6.45) is 5.80. The van der Waals surface area contributed by atoms with Gasteiger partial charge in [-0.25, -0.2) is 0 Å². The van der Waals surface area contributed by atoms with Crippen LogP contribution in [0.15, 0.2) is 36.8 Å². The van der Waals surface area contributed by atoms with Gasteiger partial charge in [-0.15, -0.1) is 0 Å². The van der Waals surface area contributed by atoms with Crippen molar-refractivity contribution in [2.24, 2.45) is 21.1 Å². The zero-order chi connectivity index (χ0) is 22.7. The molecule has 0 radical (unpaired) electrons. The summed E-state index contributed by atoms with van der Waals surface area (Å²) in [6, 6.07) is 4.78. The third-order valence-corrected chi connectivity index (χ3v) is 4.79. The number of anilines is 3. The Morgan fingerprint density at radius 1 is 0.774 bits per heavy atom. The largest absolute Gasteiger partial charge is 0.397 e. The van der Waals surface area contributed by atoms with Gasteiger partial charge in [0.05, 0.1) is 17.1 Å². The van der Waals surface area contributed by atoms with Crippen LogP contribution in [0.3, 0.4) is 0 Å². The average Bonchev–Trinajstić information content (AvgIpc) is 3.36. The van der Waals surface area contributed by atoms with Gasteiger partial charge in [0.15, 0.2) is 0 Å². The van der Waals surface area contributed by atoms with Crippen LogP contribution < -0.4 is 21.7 Å². The summed E-state index contributed by atoms with van der Waals surface area (Å²) in [7, 11) is 5.18. The standard InChI is InChI=1S/C21H27N7O3/c1-5-6-23-19(29)17-8-14(11-27(17)3)25-21(31)18-9-15(12-28(18)4)24-20(30)16-7-13(22)10-26(16)2/h7-12H,5-6,22H2,1-4H3,(H,23,29)(H,24,30)(H,25,31). The van der Waals surface area contributed by atoms with Gasteiger partial charge in [-0.2, -0.15) is 0 Å². The Bertz CT molecular complexity index is 1140. The highest BCUT2D eigenvalue weighted by Gasteiger charge is 2.18. The minimum Gasteiger partial charge on any atom is -0.397 e. The summed E-state index contributed by atoms with van der Waals surface area (Å²) in [5.74, 6) is -0.894. The van der Waals surface area contributed by atoms with Crippen LogP contribution in [0, 0.1) is 0 Å². The molecule has 0 atom stereocenters. The molecule has 0 aromatic carbocycles. The first-order valence-corrected chi connectivity index (χ1v) is 9.85. The molecule has 0 fully saturated rings. The van der Waals surface area contributed by atoms with Crippen molar-refractivity contribution in [2.45, 2.75) is 13.3 Å². The highest BCUT2D eigenvalue weighted by molar-refractivity contribution is 6.07. The molecule has 0 unspecified atom stereocenters. The van der Waals surface area contributed by atoms with Crippen molar-refractivity contribution in [3.8, 4) is 0 Å². The van der Waals surface area contributed by atoms with Crippen molar-refractivity contribution < 1.29 is 14.4 Å². The summed E-state index contributed by atoms with van der Waals surface area (Å²) >= 11 is 0. The van der Waals surface area contributed by atoms with Gasteiger partial charge in [0, 0.05) is 46.3 Å². The summed E-state index contributed by atoms with van der Waals surface area (Å²) in [6.45, 7) is 2.56. The van der Waals surface area contributed by atoms with Crippen molar-refractivity contribution in [2.75, 3.05) is 22.9 Å². The van der Waals surface area contributed by atoms with E-state index in [1.54, 1.807) is 71.6 Å². The lowest BCUT2D eigenvalue weighted by atomic mass is 10.3. The second kappa shape index (κ2) is 8.82. The van der Waals surface area contributed by atoms with Gasteiger partial charge in [-0.05, 0) is 24.6 Å². The van der Waals surface area contributed by atoms with Gasteiger partial charge >= 0.3 is 0 Å². The molecule has 0 aliphatic rings. The van der Waals surface area contributed by atoms with Gasteiger partial charge in [-0.3, -0.25) is 14.4 Å². The van der Waals surface area contributed by atoms with E-state index in [-0.39, 0.29) is 17.7 Å². The minimum atomic E-state index is -0.364. The Kier molecular flexibility index (Phi) is 6.19. The fraction of sp³-hybridized carbons (Fsp3) is 0.286. The van der Waals surface area contributed by atoms with Gasteiger partial charge < -0.3 is 35.4 Å². The molecule has 0 saturated heterocycles. The molecule has 3 heterocycles. The highest BCUT2D eigenvalue weighted by Crippen LogP contribution is 2.19. The predicted molar refractivity (Wildman–Crippen MR) is 119 cm³/mol. The Hall–Kier alpha value is -3.95. The van der Waals surface area contributed by atoms with Crippen molar-refractivity contribution in [3.05, 3.63) is 53.9 Å². The molecule has 31 heavy (non-hydrogen) atoms. The number of aromatic nitrogens is 3. The lowest BCUT2D eigenvalue weighted by Gasteiger charge is -2.03. The summed E-state index contributed by atoms with van der Waals surface area (Å²) in [5.41, 5.74) is 8.40. The van der Waals surface area contributed by atoms with E-state index in [0.29, 0.717) is 40.7 Å². The predicted octanol–water partition coefficient (Wildman–Crippen LogP) is 1.93. The van der Waals surface area contributed by atoms with E-state index < -0.39 is 0 Å². The number of carbonyl (C=O) groups is 3. The lowest BCUT2D eigenvalue weighted by molar-refractivity contribution is 0.0943. The number of rotatable bonds is 7. The zero-order valence-electron chi connectivity index (χ0n) is 18.0. The van der Waals surface area contributed by atoms with Crippen molar-refractivity contribution in [1.29, 1.82) is 0 Å². The molecule has 0 aliphatic heterocycles. The van der Waals surface area contributed by atoms with Crippen LogP contribution in [-0.4, -0.2) is 38.0 Å². The second-order valence-electron chi connectivity index (χ2n) is 7.38. The molecule has 3 amide bonds. The number of nitrogens with one attached hydrogen (secondary N) is 3. The van der Waals surface area contributed by atoms with Crippen LogP contribution in [0.2, 0.25) is 0 Å². The van der Waals surface area contributed by atoms with Crippen LogP contribution >= 0.6 is 0 Å². The summed E-state index contributed by atoms with van der Waals surface area (Å²) < 4.78 is 4.90. The normalized spacial score (nSPS) is 10.7. The molecule has 3 aromatic rings. The molecule has 0 saturated carbocycles. The molecular weight excluding hydrogens is 398 g/mol. The molecule has 10 nitrogen and oxygen atoms in total. The van der Waals surface area contributed by atoms with Crippen LogP contribution in [0.1, 0.15) is 44.8 Å². The first-order valence-electron chi connectivity index (χ1n) is 9.85. The fourth-order valence-corrected chi connectivity index (χ4v) is 3.25. The number of nitrogens with two attached hydrogens (primary N) is 1. The van der Waals surface area contributed by atoms with E-state index in [0.717, 1.165) is 6.42 Å². The van der Waals surface area contributed by atoms with Crippen LogP contribution in [0.25, 0.3) is 0 Å². The Labute approximate surface area is 180 Å². The van der Waals surface area contributed by atoms with Crippen LogP contribution in [0.4, 0.5) is 17.1 Å². The maximum absolute atomic E-state index is 12.7. The zero-order valence-corrected chi connectivity index (χ0v) is 18.0. The molecule has 10 heteroatoms. The molecule has 5 N–H and O–H groups in total. The van der Waals surface area contributed by atoms with Gasteiger partial charge in [0.25, 0.3) is 17.7 Å². The number of carbonyl (C=O) groups excluding carboxylic acids is 3. The number of amides is 3. The van der Waals surface area contributed by atoms with E-state index in [4.69, 9.17) is 5.73 Å². The van der Waals surface area contributed by atoms with Crippen molar-refractivity contribution in [1.82, 2.24) is 19.0 Å².